The van der Waals surface area contributed by atoms with E-state index in [9.17, 15) is 4.79 Å². The van der Waals surface area contributed by atoms with E-state index >= 15 is 0 Å². The van der Waals surface area contributed by atoms with Crippen LogP contribution in [0, 0.1) is 0 Å². The van der Waals surface area contributed by atoms with E-state index in [4.69, 9.17) is 9.47 Å². The number of carbonyl (C=O) groups is 1. The number of carbonyl (C=O) groups excluding carboxylic acids is 1. The quantitative estimate of drug-likeness (QED) is 0.771. The first-order valence-electron chi connectivity index (χ1n) is 7.63. The van der Waals surface area contributed by atoms with Gasteiger partial charge in [-0.05, 0) is 31.4 Å². The monoisotopic (exact) mass is 292 g/mol. The van der Waals surface area contributed by atoms with Gasteiger partial charge in [-0.2, -0.15) is 0 Å². The molecule has 1 fully saturated rings. The Kier molecular flexibility index (Phi) is 6.50. The first kappa shape index (κ1) is 15.8. The minimum absolute atomic E-state index is 0.0550. The predicted molar refractivity (Wildman–Crippen MR) is 82.7 cm³/mol. The molecule has 1 amide bonds. The molecule has 0 aliphatic carbocycles. The second-order valence-corrected chi connectivity index (χ2v) is 5.19. The summed E-state index contributed by atoms with van der Waals surface area (Å²) in [6, 6.07) is 7.46. The summed E-state index contributed by atoms with van der Waals surface area (Å²) in [4.78, 5) is 11.9. The van der Waals surface area contributed by atoms with E-state index in [1.54, 1.807) is 0 Å². The standard InChI is InChI=1S/C16H24N2O3/c1-2-8-20-14-6-3-5-13(10-14)18-16(19)12-17-11-15-7-4-9-21-15/h3,5-6,10,15,17H,2,4,7-9,11-12H2,1H3,(H,18,19). The van der Waals surface area contributed by atoms with Crippen LogP contribution in [0.4, 0.5) is 5.69 Å². The van der Waals surface area contributed by atoms with Gasteiger partial charge < -0.3 is 20.1 Å². The maximum absolute atomic E-state index is 11.9. The smallest absolute Gasteiger partial charge is 0.238 e. The average molecular weight is 292 g/mol. The Morgan fingerprint density at radius 2 is 2.38 bits per heavy atom. The third-order valence-electron chi connectivity index (χ3n) is 3.27. The predicted octanol–water partition coefficient (Wildman–Crippen LogP) is 2.18. The molecule has 116 valence electrons. The highest BCUT2D eigenvalue weighted by molar-refractivity contribution is 5.92. The first-order chi connectivity index (χ1) is 10.3. The van der Waals surface area contributed by atoms with Gasteiger partial charge >= 0.3 is 0 Å². The van der Waals surface area contributed by atoms with E-state index in [1.807, 2.05) is 24.3 Å². The van der Waals surface area contributed by atoms with Crippen molar-refractivity contribution in [1.29, 1.82) is 0 Å². The van der Waals surface area contributed by atoms with E-state index in [1.165, 1.54) is 0 Å². The summed E-state index contributed by atoms with van der Waals surface area (Å²) in [6.45, 7) is 4.60. The molecule has 0 aromatic heterocycles. The minimum Gasteiger partial charge on any atom is -0.494 e. The molecule has 2 rings (SSSR count). The zero-order valence-electron chi connectivity index (χ0n) is 12.6. The van der Waals surface area contributed by atoms with Crippen LogP contribution in [0.25, 0.3) is 0 Å². The highest BCUT2D eigenvalue weighted by atomic mass is 16.5. The van der Waals surface area contributed by atoms with Crippen LogP contribution in [-0.2, 0) is 9.53 Å². The lowest BCUT2D eigenvalue weighted by molar-refractivity contribution is -0.115. The van der Waals surface area contributed by atoms with Crippen LogP contribution in [-0.4, -0.2) is 38.3 Å². The molecular weight excluding hydrogens is 268 g/mol. The van der Waals surface area contributed by atoms with Crippen LogP contribution < -0.4 is 15.4 Å². The number of hydrogen-bond acceptors (Lipinski definition) is 4. The lowest BCUT2D eigenvalue weighted by Gasteiger charge is -2.11. The third kappa shape index (κ3) is 5.73. The summed E-state index contributed by atoms with van der Waals surface area (Å²) in [6.07, 6.45) is 3.40. The minimum atomic E-state index is -0.0550. The highest BCUT2D eigenvalue weighted by Gasteiger charge is 2.15. The molecule has 5 heteroatoms. The second kappa shape index (κ2) is 8.64. The van der Waals surface area contributed by atoms with Crippen molar-refractivity contribution in [1.82, 2.24) is 5.32 Å². The molecule has 2 N–H and O–H groups in total. The Labute approximate surface area is 126 Å². The van der Waals surface area contributed by atoms with E-state index in [0.717, 1.165) is 43.9 Å². The van der Waals surface area contributed by atoms with Crippen LogP contribution in [0.15, 0.2) is 24.3 Å². The Morgan fingerprint density at radius 3 is 3.14 bits per heavy atom. The molecule has 1 heterocycles. The number of amides is 1. The Hall–Kier alpha value is -1.59. The molecule has 21 heavy (non-hydrogen) atoms. The van der Waals surface area contributed by atoms with Crippen molar-refractivity contribution in [2.75, 3.05) is 31.6 Å². The van der Waals surface area contributed by atoms with E-state index in [-0.39, 0.29) is 12.0 Å². The average Bonchev–Trinajstić information content (AvgIpc) is 2.99. The van der Waals surface area contributed by atoms with Crippen LogP contribution in [0.3, 0.4) is 0 Å². The molecule has 0 spiro atoms. The van der Waals surface area contributed by atoms with Gasteiger partial charge in [0, 0.05) is 24.9 Å². The molecule has 1 aromatic rings. The zero-order valence-corrected chi connectivity index (χ0v) is 12.6. The van der Waals surface area contributed by atoms with Gasteiger partial charge in [0.25, 0.3) is 0 Å². The molecular formula is C16H24N2O3. The van der Waals surface area contributed by atoms with Crippen molar-refractivity contribution >= 4 is 11.6 Å². The number of rotatable bonds is 8. The van der Waals surface area contributed by atoms with Gasteiger partial charge in [-0.1, -0.05) is 13.0 Å². The Morgan fingerprint density at radius 1 is 1.48 bits per heavy atom. The summed E-state index contributed by atoms with van der Waals surface area (Å²) >= 11 is 0. The number of hydrogen-bond donors (Lipinski definition) is 2. The van der Waals surface area contributed by atoms with Crippen molar-refractivity contribution in [2.24, 2.45) is 0 Å². The summed E-state index contributed by atoms with van der Waals surface area (Å²) in [5.41, 5.74) is 0.757. The molecule has 1 aliphatic heterocycles. The summed E-state index contributed by atoms with van der Waals surface area (Å²) < 4.78 is 11.0. The van der Waals surface area contributed by atoms with E-state index in [0.29, 0.717) is 13.2 Å². The molecule has 1 aliphatic rings. The topological polar surface area (TPSA) is 59.6 Å². The third-order valence-corrected chi connectivity index (χ3v) is 3.27. The molecule has 0 radical (unpaired) electrons. The van der Waals surface area contributed by atoms with Gasteiger partial charge in [0.15, 0.2) is 0 Å². The molecule has 0 bridgehead atoms. The normalized spacial score (nSPS) is 17.7. The highest BCUT2D eigenvalue weighted by Crippen LogP contribution is 2.17. The van der Waals surface area contributed by atoms with Crippen LogP contribution >= 0.6 is 0 Å². The zero-order chi connectivity index (χ0) is 14.9. The molecule has 0 saturated carbocycles. The molecule has 5 nitrogen and oxygen atoms in total. The fourth-order valence-corrected chi connectivity index (χ4v) is 2.24. The van der Waals surface area contributed by atoms with Gasteiger partial charge in [0.2, 0.25) is 5.91 Å². The Balaban J connectivity index is 1.71. The number of benzene rings is 1. The summed E-state index contributed by atoms with van der Waals surface area (Å²) in [7, 11) is 0. The van der Waals surface area contributed by atoms with Gasteiger partial charge in [-0.15, -0.1) is 0 Å². The van der Waals surface area contributed by atoms with Gasteiger partial charge in [0.05, 0.1) is 19.3 Å². The number of nitrogens with one attached hydrogen (secondary N) is 2. The van der Waals surface area contributed by atoms with Crippen molar-refractivity contribution in [3.8, 4) is 5.75 Å². The molecule has 1 aromatic carbocycles. The summed E-state index contributed by atoms with van der Waals surface area (Å²) in [5, 5.41) is 5.99. The lowest BCUT2D eigenvalue weighted by atomic mass is 10.2. The van der Waals surface area contributed by atoms with Crippen LogP contribution in [0.5, 0.6) is 5.75 Å². The van der Waals surface area contributed by atoms with Gasteiger partial charge in [-0.3, -0.25) is 4.79 Å². The van der Waals surface area contributed by atoms with Crippen LogP contribution in [0.2, 0.25) is 0 Å². The van der Waals surface area contributed by atoms with Crippen LogP contribution in [0.1, 0.15) is 26.2 Å². The molecule has 1 unspecified atom stereocenters. The summed E-state index contributed by atoms with van der Waals surface area (Å²) in [5.74, 6) is 0.725. The fraction of sp³-hybridized carbons (Fsp3) is 0.562. The second-order valence-electron chi connectivity index (χ2n) is 5.19. The SMILES string of the molecule is CCCOc1cccc(NC(=O)CNCC2CCCO2)c1. The fourth-order valence-electron chi connectivity index (χ4n) is 2.24. The van der Waals surface area contributed by atoms with Crippen molar-refractivity contribution in [3.05, 3.63) is 24.3 Å². The first-order valence-corrected chi connectivity index (χ1v) is 7.63. The number of ether oxygens (including phenoxy) is 2. The van der Waals surface area contributed by atoms with E-state index < -0.39 is 0 Å². The largest absolute Gasteiger partial charge is 0.494 e. The maximum Gasteiger partial charge on any atom is 0.238 e. The van der Waals surface area contributed by atoms with Gasteiger partial charge in [0.1, 0.15) is 5.75 Å². The van der Waals surface area contributed by atoms with E-state index in [2.05, 4.69) is 17.6 Å². The number of anilines is 1. The van der Waals surface area contributed by atoms with Gasteiger partial charge in [-0.25, -0.2) is 0 Å². The van der Waals surface area contributed by atoms with Crippen molar-refractivity contribution in [2.45, 2.75) is 32.3 Å². The van der Waals surface area contributed by atoms with Crippen molar-refractivity contribution < 1.29 is 14.3 Å². The van der Waals surface area contributed by atoms with Crippen molar-refractivity contribution in [3.63, 3.8) is 0 Å². The maximum atomic E-state index is 11.9. The molecule has 1 atom stereocenters. The Bertz CT molecular complexity index is 445. The molecule has 1 saturated heterocycles. The lowest BCUT2D eigenvalue weighted by Crippen LogP contribution is -2.33.